The largest absolute Gasteiger partial charge is 0.417 e. The summed E-state index contributed by atoms with van der Waals surface area (Å²) in [7, 11) is 0. The SMILES string of the molecule is Cc1cccc(C(F)(F)F)c1-c1cc(-n2c3cc(-c4cccnc4-c4ccccc4)ccc3c3ccc(-c4cccnc4-c4ccccc4)cc32)c(C#N)c(-n2c3cc(-c4cccnc4-c4ccccc4)ccc3c3ccc(-c4cccnc4-c4ccccc4)cc32)c1. The van der Waals surface area contributed by atoms with Gasteiger partial charge in [0, 0.05) is 90.8 Å². The highest BCUT2D eigenvalue weighted by molar-refractivity contribution is 6.14. The molecule has 0 amide bonds. The van der Waals surface area contributed by atoms with Crippen LogP contribution < -0.4 is 0 Å². The van der Waals surface area contributed by atoms with Crippen LogP contribution in [0.1, 0.15) is 16.7 Å². The monoisotopic (exact) mass is 1200 g/mol. The highest BCUT2D eigenvalue weighted by Crippen LogP contribution is 2.48. The Hall–Kier alpha value is -12.3. The maximum Gasteiger partial charge on any atom is 0.417 e. The van der Waals surface area contributed by atoms with Crippen molar-refractivity contribution in [2.45, 2.75) is 13.1 Å². The first-order valence-electron chi connectivity index (χ1n) is 30.6. The van der Waals surface area contributed by atoms with Crippen LogP contribution in [0.5, 0.6) is 0 Å². The van der Waals surface area contributed by atoms with E-state index in [1.54, 1.807) is 49.9 Å². The van der Waals surface area contributed by atoms with E-state index in [1.165, 1.54) is 6.07 Å². The minimum Gasteiger partial charge on any atom is -0.308 e. The highest BCUT2D eigenvalue weighted by atomic mass is 19.4. The minimum atomic E-state index is -4.76. The second kappa shape index (κ2) is 22.9. The van der Waals surface area contributed by atoms with Crippen molar-refractivity contribution in [3.8, 4) is 118 Å². The Kier molecular flexibility index (Phi) is 13.8. The van der Waals surface area contributed by atoms with E-state index in [4.69, 9.17) is 19.9 Å². The summed E-state index contributed by atoms with van der Waals surface area (Å²) in [5.41, 5.74) is 17.5. The molecule has 0 atom stereocenters. The lowest BCUT2D eigenvalue weighted by atomic mass is 9.92. The summed E-state index contributed by atoms with van der Waals surface area (Å²) >= 11 is 0. The third-order valence-electron chi connectivity index (χ3n) is 17.8. The van der Waals surface area contributed by atoms with Crippen molar-refractivity contribution in [3.05, 3.63) is 314 Å². The Labute approximate surface area is 533 Å². The average Bonchev–Trinajstić information content (AvgIpc) is 1.60. The molecule has 10 heteroatoms. The van der Waals surface area contributed by atoms with Crippen LogP contribution in [0, 0.1) is 18.3 Å². The van der Waals surface area contributed by atoms with Crippen LogP contribution in [0.4, 0.5) is 13.2 Å². The van der Waals surface area contributed by atoms with Gasteiger partial charge < -0.3 is 9.13 Å². The van der Waals surface area contributed by atoms with Crippen LogP contribution in [0.2, 0.25) is 0 Å². The molecule has 0 radical (unpaired) electrons. The fourth-order valence-corrected chi connectivity index (χ4v) is 13.6. The maximum absolute atomic E-state index is 16.0. The molecule has 0 saturated carbocycles. The van der Waals surface area contributed by atoms with Gasteiger partial charge >= 0.3 is 6.18 Å². The van der Waals surface area contributed by atoms with Crippen molar-refractivity contribution in [3.63, 3.8) is 0 Å². The quantitative estimate of drug-likeness (QED) is 0.129. The topological polar surface area (TPSA) is 85.2 Å². The zero-order valence-electron chi connectivity index (χ0n) is 50.1. The number of fused-ring (bicyclic) bond motifs is 6. The van der Waals surface area contributed by atoms with E-state index in [-0.39, 0.29) is 16.7 Å². The normalized spacial score (nSPS) is 11.6. The molecule has 0 aliphatic carbocycles. The third-order valence-corrected chi connectivity index (χ3v) is 17.8. The molecule has 0 bridgehead atoms. The Morgan fingerprint density at radius 3 is 0.925 bits per heavy atom. The standard InChI is InChI=1S/C83H52F3N7/c1-52-19-14-32-71(83(84,85)86)78(52)61-49-76(92-72-45-57(62-28-15-41-88-79(62)53-20-6-2-7-21-53)33-37-66(72)67-38-34-58(46-73(67)92)63-29-16-42-89-80(63)54-22-8-3-9-23-54)70(51-87)77(50-61)93-74-47-59(64-30-17-43-90-81(64)55-24-10-4-11-25-55)35-39-68(74)69-40-36-60(48-75(69)93)65-31-18-44-91-82(65)56-26-12-5-13-27-56/h2-50H,1H3. The molecule has 0 saturated heterocycles. The number of benzene rings is 10. The first-order valence-corrected chi connectivity index (χ1v) is 30.6. The number of aryl methyl sites for hydroxylation is 1. The summed E-state index contributed by atoms with van der Waals surface area (Å²) in [6.07, 6.45) is 2.39. The highest BCUT2D eigenvalue weighted by Gasteiger charge is 2.35. The first-order chi connectivity index (χ1) is 45.7. The summed E-state index contributed by atoms with van der Waals surface area (Å²) in [6.45, 7) is 1.72. The molecule has 440 valence electrons. The van der Waals surface area contributed by atoms with Gasteiger partial charge in [-0.15, -0.1) is 0 Å². The number of aromatic nitrogens is 6. The number of halogens is 3. The minimum absolute atomic E-state index is 0.00210. The van der Waals surface area contributed by atoms with Gasteiger partial charge in [0.25, 0.3) is 0 Å². The van der Waals surface area contributed by atoms with Gasteiger partial charge in [-0.1, -0.05) is 206 Å². The van der Waals surface area contributed by atoms with E-state index >= 15 is 13.2 Å². The van der Waals surface area contributed by atoms with E-state index < -0.39 is 11.7 Å². The molecule has 10 aromatic carbocycles. The molecule has 0 unspecified atom stereocenters. The predicted molar refractivity (Wildman–Crippen MR) is 370 cm³/mol. The van der Waals surface area contributed by atoms with Crippen molar-refractivity contribution >= 4 is 43.6 Å². The number of hydrogen-bond acceptors (Lipinski definition) is 5. The number of alkyl halides is 3. The molecule has 16 rings (SSSR count). The Balaban J connectivity index is 1.05. The van der Waals surface area contributed by atoms with Crippen LogP contribution in [-0.4, -0.2) is 29.1 Å². The van der Waals surface area contributed by atoms with E-state index in [2.05, 4.69) is 112 Å². The summed E-state index contributed by atoms with van der Waals surface area (Å²) < 4.78 is 52.2. The molecule has 6 aromatic heterocycles. The van der Waals surface area contributed by atoms with Crippen LogP contribution >= 0.6 is 0 Å². The smallest absolute Gasteiger partial charge is 0.308 e. The average molecular weight is 1200 g/mol. The van der Waals surface area contributed by atoms with Gasteiger partial charge in [0.15, 0.2) is 0 Å². The van der Waals surface area contributed by atoms with Crippen molar-refractivity contribution in [1.29, 1.82) is 5.26 Å². The lowest BCUT2D eigenvalue weighted by Gasteiger charge is -2.21. The predicted octanol–water partition coefficient (Wildman–Crippen LogP) is 21.7. The summed E-state index contributed by atoms with van der Waals surface area (Å²) in [5.74, 6) is 0. The Bertz CT molecular complexity index is 5050. The van der Waals surface area contributed by atoms with Crippen LogP contribution in [0.25, 0.3) is 156 Å². The fraction of sp³-hybridized carbons (Fsp3) is 0.0241. The second-order valence-corrected chi connectivity index (χ2v) is 23.2. The van der Waals surface area contributed by atoms with Crippen molar-refractivity contribution in [2.24, 2.45) is 0 Å². The van der Waals surface area contributed by atoms with E-state index in [0.717, 1.165) is 139 Å². The molecule has 16 aromatic rings. The van der Waals surface area contributed by atoms with Gasteiger partial charge in [-0.3, -0.25) is 19.9 Å². The first kappa shape index (κ1) is 56.0. The van der Waals surface area contributed by atoms with Gasteiger partial charge in [0.05, 0.1) is 61.8 Å². The van der Waals surface area contributed by atoms with E-state index in [1.807, 2.05) is 146 Å². The molecule has 93 heavy (non-hydrogen) atoms. The number of nitriles is 1. The zero-order chi connectivity index (χ0) is 62.7. The fourth-order valence-electron chi connectivity index (χ4n) is 13.6. The summed E-state index contributed by atoms with van der Waals surface area (Å²) in [6, 6.07) is 91.9. The van der Waals surface area contributed by atoms with E-state index in [0.29, 0.717) is 16.9 Å². The molecular weight excluding hydrogens is 1150 g/mol. The van der Waals surface area contributed by atoms with E-state index in [9.17, 15) is 5.26 Å². The van der Waals surface area contributed by atoms with Gasteiger partial charge in [-0.05, 0) is 113 Å². The number of pyridine rings is 4. The number of rotatable bonds is 11. The van der Waals surface area contributed by atoms with Gasteiger partial charge in [-0.2, -0.15) is 18.4 Å². The van der Waals surface area contributed by atoms with Crippen molar-refractivity contribution in [2.75, 3.05) is 0 Å². The second-order valence-electron chi connectivity index (χ2n) is 23.2. The molecule has 0 aliphatic heterocycles. The van der Waals surface area contributed by atoms with Crippen molar-refractivity contribution < 1.29 is 13.2 Å². The molecular formula is C83H52F3N7. The van der Waals surface area contributed by atoms with Gasteiger partial charge in [-0.25, -0.2) is 0 Å². The van der Waals surface area contributed by atoms with Crippen molar-refractivity contribution in [1.82, 2.24) is 29.1 Å². The third kappa shape index (κ3) is 9.78. The van der Waals surface area contributed by atoms with Crippen LogP contribution in [-0.2, 0) is 6.18 Å². The Morgan fingerprint density at radius 1 is 0.323 bits per heavy atom. The van der Waals surface area contributed by atoms with Gasteiger partial charge in [0.1, 0.15) is 11.6 Å². The maximum atomic E-state index is 16.0. The number of nitrogens with zero attached hydrogens (tertiary/aromatic N) is 7. The van der Waals surface area contributed by atoms with Crippen LogP contribution in [0.3, 0.4) is 0 Å². The zero-order valence-corrected chi connectivity index (χ0v) is 50.1. The molecule has 6 heterocycles. The lowest BCUT2D eigenvalue weighted by molar-refractivity contribution is -0.137. The summed E-state index contributed by atoms with van der Waals surface area (Å²) in [5, 5.41) is 15.9. The van der Waals surface area contributed by atoms with Gasteiger partial charge in [0.2, 0.25) is 0 Å². The van der Waals surface area contributed by atoms with Crippen LogP contribution in [0.15, 0.2) is 298 Å². The molecule has 7 nitrogen and oxygen atoms in total. The molecule has 0 aliphatic rings. The molecule has 0 fully saturated rings. The summed E-state index contributed by atoms with van der Waals surface area (Å²) in [4.78, 5) is 19.8. The molecule has 0 N–H and O–H groups in total. The number of hydrogen-bond donors (Lipinski definition) is 0. The molecule has 0 spiro atoms. The lowest BCUT2D eigenvalue weighted by Crippen LogP contribution is -2.10. The Morgan fingerprint density at radius 2 is 0.634 bits per heavy atom.